The van der Waals surface area contributed by atoms with Crippen LogP contribution in [0.15, 0.2) is 65.5 Å². The van der Waals surface area contributed by atoms with Gasteiger partial charge in [0.25, 0.3) is 5.91 Å². The van der Waals surface area contributed by atoms with Crippen LogP contribution >= 0.6 is 15.9 Å². The van der Waals surface area contributed by atoms with Crippen LogP contribution < -0.4 is 14.8 Å². The van der Waals surface area contributed by atoms with Crippen molar-refractivity contribution < 1.29 is 14.3 Å². The number of ether oxygens (including phenoxy) is 2. The smallest absolute Gasteiger partial charge is 0.257 e. The van der Waals surface area contributed by atoms with Crippen LogP contribution in [0.2, 0.25) is 0 Å². The Kier molecular flexibility index (Phi) is 5.25. The van der Waals surface area contributed by atoms with Crippen LogP contribution in [-0.2, 0) is 0 Å². The van der Waals surface area contributed by atoms with Crippen molar-refractivity contribution in [2.24, 2.45) is 0 Å². The van der Waals surface area contributed by atoms with E-state index in [2.05, 4.69) is 31.2 Å². The van der Waals surface area contributed by atoms with E-state index in [1.807, 2.05) is 12.1 Å². The molecule has 0 fully saturated rings. The van der Waals surface area contributed by atoms with Crippen molar-refractivity contribution in [2.45, 2.75) is 0 Å². The van der Waals surface area contributed by atoms with Gasteiger partial charge in [-0.1, -0.05) is 12.1 Å². The van der Waals surface area contributed by atoms with Gasteiger partial charge in [0.1, 0.15) is 0 Å². The third kappa shape index (κ3) is 4.33. The van der Waals surface area contributed by atoms with Gasteiger partial charge in [0, 0.05) is 22.9 Å². The van der Waals surface area contributed by atoms with Crippen LogP contribution in [0.25, 0.3) is 0 Å². The van der Waals surface area contributed by atoms with Crippen LogP contribution in [0.1, 0.15) is 10.4 Å². The highest BCUT2D eigenvalue weighted by atomic mass is 79.9. The second-order valence-corrected chi connectivity index (χ2v) is 5.90. The van der Waals surface area contributed by atoms with E-state index in [1.165, 1.54) is 12.4 Å². The number of carbonyl (C=O) groups excluding carboxylic acids is 1. The minimum Gasteiger partial charge on any atom is -0.493 e. The highest BCUT2D eigenvalue weighted by Crippen LogP contribution is 2.30. The van der Waals surface area contributed by atoms with Crippen LogP contribution in [0.4, 0.5) is 5.69 Å². The molecule has 0 aliphatic rings. The molecule has 0 spiro atoms. The van der Waals surface area contributed by atoms with Crippen molar-refractivity contribution in [3.05, 3.63) is 71.1 Å². The predicted molar refractivity (Wildman–Crippen MR) is 97.2 cm³/mol. The van der Waals surface area contributed by atoms with Crippen molar-refractivity contribution in [3.8, 4) is 17.4 Å². The molecular formula is C18H14BrN3O3. The normalized spacial score (nSPS) is 10.2. The van der Waals surface area contributed by atoms with E-state index in [0.717, 1.165) is 4.47 Å². The van der Waals surface area contributed by atoms with Crippen molar-refractivity contribution in [2.75, 3.05) is 12.4 Å². The predicted octanol–water partition coefficient (Wildman–Crippen LogP) is 4.29. The first-order chi connectivity index (χ1) is 12.2. The van der Waals surface area contributed by atoms with Crippen molar-refractivity contribution >= 4 is 27.5 Å². The fraction of sp³-hybridized carbons (Fsp3) is 0.0556. The number of benzene rings is 1. The molecule has 0 saturated carbocycles. The lowest BCUT2D eigenvalue weighted by Crippen LogP contribution is -2.12. The fourth-order valence-corrected chi connectivity index (χ4v) is 2.43. The molecule has 3 rings (SSSR count). The first-order valence-corrected chi connectivity index (χ1v) is 8.14. The Morgan fingerprint density at radius 1 is 1.08 bits per heavy atom. The monoisotopic (exact) mass is 399 g/mol. The number of nitrogens with one attached hydrogen (secondary N) is 1. The van der Waals surface area contributed by atoms with Crippen LogP contribution in [-0.4, -0.2) is 23.0 Å². The molecular weight excluding hydrogens is 386 g/mol. The van der Waals surface area contributed by atoms with Crippen molar-refractivity contribution in [3.63, 3.8) is 0 Å². The summed E-state index contributed by atoms with van der Waals surface area (Å²) in [6.45, 7) is 0. The molecule has 25 heavy (non-hydrogen) atoms. The molecule has 2 aromatic heterocycles. The number of anilines is 1. The largest absolute Gasteiger partial charge is 0.493 e. The Labute approximate surface area is 153 Å². The summed E-state index contributed by atoms with van der Waals surface area (Å²) < 4.78 is 11.7. The van der Waals surface area contributed by atoms with E-state index in [1.54, 1.807) is 43.6 Å². The summed E-state index contributed by atoms with van der Waals surface area (Å²) in [4.78, 5) is 20.3. The molecule has 1 N–H and O–H groups in total. The summed E-state index contributed by atoms with van der Waals surface area (Å²) in [7, 11) is 1.57. The molecule has 0 aliphatic carbocycles. The maximum Gasteiger partial charge on any atom is 0.257 e. The van der Waals surface area contributed by atoms with Crippen LogP contribution in [0.3, 0.4) is 0 Å². The number of aromatic nitrogens is 2. The number of para-hydroxylation sites is 2. The third-order valence-corrected chi connectivity index (χ3v) is 3.68. The van der Waals surface area contributed by atoms with E-state index in [9.17, 15) is 4.79 Å². The zero-order chi connectivity index (χ0) is 17.6. The van der Waals surface area contributed by atoms with E-state index in [4.69, 9.17) is 9.47 Å². The standard InChI is InChI=1S/C18H14BrN3O3/c1-24-15-4-2-3-5-16(15)25-17-7-6-14(11-21-17)22-18(23)12-8-13(19)10-20-9-12/h2-11H,1H3,(H,22,23). The number of amides is 1. The number of rotatable bonds is 5. The summed E-state index contributed by atoms with van der Waals surface area (Å²) in [5.41, 5.74) is 1.00. The molecule has 0 radical (unpaired) electrons. The quantitative estimate of drug-likeness (QED) is 0.692. The number of carbonyl (C=O) groups is 1. The maximum absolute atomic E-state index is 12.2. The molecule has 1 amide bonds. The lowest BCUT2D eigenvalue weighted by atomic mass is 10.2. The Bertz CT molecular complexity index is 885. The summed E-state index contributed by atoms with van der Waals surface area (Å²) in [6, 6.07) is 12.4. The van der Waals surface area contributed by atoms with Gasteiger partial charge in [0.2, 0.25) is 5.88 Å². The maximum atomic E-state index is 12.2. The van der Waals surface area contributed by atoms with Crippen LogP contribution in [0, 0.1) is 0 Å². The van der Waals surface area contributed by atoms with Gasteiger partial charge in [-0.15, -0.1) is 0 Å². The lowest BCUT2D eigenvalue weighted by molar-refractivity contribution is 0.102. The Morgan fingerprint density at radius 3 is 2.56 bits per heavy atom. The van der Waals surface area contributed by atoms with Gasteiger partial charge in [-0.3, -0.25) is 9.78 Å². The highest BCUT2D eigenvalue weighted by molar-refractivity contribution is 9.10. The summed E-state index contributed by atoms with van der Waals surface area (Å²) >= 11 is 3.29. The molecule has 0 atom stereocenters. The van der Waals surface area contributed by atoms with Gasteiger partial charge < -0.3 is 14.8 Å². The number of hydrogen-bond acceptors (Lipinski definition) is 5. The number of pyridine rings is 2. The van der Waals surface area contributed by atoms with Gasteiger partial charge in [0.15, 0.2) is 11.5 Å². The zero-order valence-corrected chi connectivity index (χ0v) is 14.9. The summed E-state index contributed by atoms with van der Waals surface area (Å²) in [6.07, 6.45) is 4.63. The molecule has 0 unspecified atom stereocenters. The fourth-order valence-electron chi connectivity index (χ4n) is 2.07. The first kappa shape index (κ1) is 16.9. The molecule has 0 aliphatic heterocycles. The average Bonchev–Trinajstić information content (AvgIpc) is 2.64. The van der Waals surface area contributed by atoms with Crippen molar-refractivity contribution in [1.82, 2.24) is 9.97 Å². The molecule has 126 valence electrons. The SMILES string of the molecule is COc1ccccc1Oc1ccc(NC(=O)c2cncc(Br)c2)cn1. The Balaban J connectivity index is 1.69. The topological polar surface area (TPSA) is 73.3 Å². The number of hydrogen-bond donors (Lipinski definition) is 1. The molecule has 0 saturated heterocycles. The van der Waals surface area contributed by atoms with E-state index in [0.29, 0.717) is 28.6 Å². The summed E-state index contributed by atoms with van der Waals surface area (Å²) in [5.74, 6) is 1.30. The molecule has 1 aromatic carbocycles. The Morgan fingerprint density at radius 2 is 1.88 bits per heavy atom. The molecule has 7 heteroatoms. The summed E-state index contributed by atoms with van der Waals surface area (Å²) in [5, 5.41) is 2.76. The minimum atomic E-state index is -0.269. The van der Waals surface area contributed by atoms with Crippen molar-refractivity contribution in [1.29, 1.82) is 0 Å². The average molecular weight is 400 g/mol. The zero-order valence-electron chi connectivity index (χ0n) is 13.3. The second kappa shape index (κ2) is 7.76. The minimum absolute atomic E-state index is 0.269. The second-order valence-electron chi connectivity index (χ2n) is 4.98. The van der Waals surface area contributed by atoms with E-state index < -0.39 is 0 Å². The number of halogens is 1. The van der Waals surface area contributed by atoms with Gasteiger partial charge in [-0.05, 0) is 40.2 Å². The van der Waals surface area contributed by atoms with Gasteiger partial charge in [0.05, 0.1) is 24.6 Å². The molecule has 0 bridgehead atoms. The Hall–Kier alpha value is -2.93. The third-order valence-electron chi connectivity index (χ3n) is 3.24. The van der Waals surface area contributed by atoms with E-state index in [-0.39, 0.29) is 5.91 Å². The molecule has 3 aromatic rings. The van der Waals surface area contributed by atoms with Gasteiger partial charge >= 0.3 is 0 Å². The molecule has 6 nitrogen and oxygen atoms in total. The highest BCUT2D eigenvalue weighted by Gasteiger charge is 2.09. The number of nitrogens with zero attached hydrogens (tertiary/aromatic N) is 2. The first-order valence-electron chi connectivity index (χ1n) is 7.34. The number of methoxy groups -OCH3 is 1. The van der Waals surface area contributed by atoms with Gasteiger partial charge in [-0.2, -0.15) is 0 Å². The van der Waals surface area contributed by atoms with Gasteiger partial charge in [-0.25, -0.2) is 4.98 Å². The molecule has 2 heterocycles. The van der Waals surface area contributed by atoms with E-state index >= 15 is 0 Å². The van der Waals surface area contributed by atoms with Crippen LogP contribution in [0.5, 0.6) is 17.4 Å². The lowest BCUT2D eigenvalue weighted by Gasteiger charge is -2.10.